The van der Waals surface area contributed by atoms with E-state index in [1.54, 1.807) is 6.07 Å². The fourth-order valence-electron chi connectivity index (χ4n) is 1.81. The van der Waals surface area contributed by atoms with Crippen molar-refractivity contribution >= 4 is 21.6 Å². The molecule has 20 heavy (non-hydrogen) atoms. The highest BCUT2D eigenvalue weighted by atomic mass is 79.9. The summed E-state index contributed by atoms with van der Waals surface area (Å²) in [4.78, 5) is 0. The molecule has 4 heteroatoms. The minimum atomic E-state index is -0.271. The third-order valence-electron chi connectivity index (χ3n) is 2.69. The maximum atomic E-state index is 13.4. The predicted octanol–water partition coefficient (Wildman–Crippen LogP) is 4.99. The molecule has 0 heterocycles. The summed E-state index contributed by atoms with van der Waals surface area (Å²) in [6, 6.07) is 12.9. The van der Waals surface area contributed by atoms with Crippen LogP contribution in [0, 0.1) is 5.82 Å². The lowest BCUT2D eigenvalue weighted by Gasteiger charge is -2.12. The summed E-state index contributed by atoms with van der Waals surface area (Å²) in [5, 5.41) is 3.19. The molecule has 0 amide bonds. The van der Waals surface area contributed by atoms with Crippen LogP contribution in [-0.4, -0.2) is 6.10 Å². The quantitative estimate of drug-likeness (QED) is 0.829. The van der Waals surface area contributed by atoms with Gasteiger partial charge in [-0.25, -0.2) is 4.39 Å². The zero-order valence-electron chi connectivity index (χ0n) is 11.5. The van der Waals surface area contributed by atoms with E-state index in [9.17, 15) is 4.39 Å². The zero-order valence-corrected chi connectivity index (χ0v) is 13.1. The van der Waals surface area contributed by atoms with Crippen LogP contribution in [0.1, 0.15) is 19.4 Å². The predicted molar refractivity (Wildman–Crippen MR) is 83.6 cm³/mol. The number of benzene rings is 2. The Balaban J connectivity index is 2.01. The first kappa shape index (κ1) is 14.9. The van der Waals surface area contributed by atoms with E-state index in [0.717, 1.165) is 17.0 Å². The summed E-state index contributed by atoms with van der Waals surface area (Å²) in [5.74, 6) is 0.577. The van der Waals surface area contributed by atoms with Gasteiger partial charge in [-0.15, -0.1) is 0 Å². The summed E-state index contributed by atoms with van der Waals surface area (Å²) in [6.45, 7) is 4.61. The van der Waals surface area contributed by atoms with Gasteiger partial charge in [-0.3, -0.25) is 0 Å². The van der Waals surface area contributed by atoms with Crippen LogP contribution >= 0.6 is 15.9 Å². The number of anilines is 1. The highest BCUT2D eigenvalue weighted by molar-refractivity contribution is 9.10. The molecule has 0 saturated carbocycles. The average Bonchev–Trinajstić information content (AvgIpc) is 2.40. The second-order valence-electron chi connectivity index (χ2n) is 4.80. The first-order valence-electron chi connectivity index (χ1n) is 6.49. The lowest BCUT2D eigenvalue weighted by atomic mass is 10.2. The summed E-state index contributed by atoms with van der Waals surface area (Å²) in [5.41, 5.74) is 1.84. The van der Waals surface area contributed by atoms with Crippen LogP contribution in [0.4, 0.5) is 10.1 Å². The van der Waals surface area contributed by atoms with Gasteiger partial charge in [-0.1, -0.05) is 12.1 Å². The van der Waals surface area contributed by atoms with Gasteiger partial charge in [0.2, 0.25) is 0 Å². The second kappa shape index (κ2) is 6.75. The molecule has 0 bridgehead atoms. The molecule has 0 aliphatic heterocycles. The van der Waals surface area contributed by atoms with Crippen molar-refractivity contribution in [2.24, 2.45) is 0 Å². The third kappa shape index (κ3) is 4.23. The first-order valence-corrected chi connectivity index (χ1v) is 7.28. The van der Waals surface area contributed by atoms with E-state index in [4.69, 9.17) is 4.74 Å². The average molecular weight is 338 g/mol. The molecule has 2 rings (SSSR count). The molecule has 0 unspecified atom stereocenters. The van der Waals surface area contributed by atoms with Gasteiger partial charge in [0, 0.05) is 12.2 Å². The Hall–Kier alpha value is -1.55. The third-order valence-corrected chi connectivity index (χ3v) is 3.33. The van der Waals surface area contributed by atoms with Gasteiger partial charge >= 0.3 is 0 Å². The number of hydrogen-bond acceptors (Lipinski definition) is 2. The summed E-state index contributed by atoms with van der Waals surface area (Å²) < 4.78 is 19.5. The van der Waals surface area contributed by atoms with Crippen LogP contribution < -0.4 is 10.1 Å². The minimum absolute atomic E-state index is 0.152. The Morgan fingerprint density at radius 2 is 2.00 bits per heavy atom. The molecular formula is C16H17BrFNO. The van der Waals surface area contributed by atoms with Crippen molar-refractivity contribution in [1.82, 2.24) is 0 Å². The van der Waals surface area contributed by atoms with E-state index in [1.807, 2.05) is 44.2 Å². The SMILES string of the molecule is CC(C)Oc1cccc(CNc2ccc(Br)c(F)c2)c1. The standard InChI is InChI=1S/C16H17BrFNO/c1-11(2)20-14-5-3-4-12(8-14)10-19-13-6-7-15(17)16(18)9-13/h3-9,11,19H,10H2,1-2H3. The topological polar surface area (TPSA) is 21.3 Å². The summed E-state index contributed by atoms with van der Waals surface area (Å²) in [7, 11) is 0. The van der Waals surface area contributed by atoms with Gasteiger partial charge < -0.3 is 10.1 Å². The lowest BCUT2D eigenvalue weighted by molar-refractivity contribution is 0.242. The molecule has 0 radical (unpaired) electrons. The van der Waals surface area contributed by atoms with E-state index < -0.39 is 0 Å². The largest absolute Gasteiger partial charge is 0.491 e. The fourth-order valence-corrected chi connectivity index (χ4v) is 2.06. The molecule has 1 N–H and O–H groups in total. The van der Waals surface area contributed by atoms with E-state index in [-0.39, 0.29) is 11.9 Å². The number of ether oxygens (including phenoxy) is 1. The van der Waals surface area contributed by atoms with Gasteiger partial charge in [-0.05, 0) is 65.7 Å². The summed E-state index contributed by atoms with van der Waals surface area (Å²) >= 11 is 3.14. The molecule has 2 aromatic carbocycles. The van der Waals surface area contributed by atoms with Gasteiger partial charge in [0.15, 0.2) is 0 Å². The monoisotopic (exact) mass is 337 g/mol. The fraction of sp³-hybridized carbons (Fsp3) is 0.250. The Bertz CT molecular complexity index is 586. The number of rotatable bonds is 5. The normalized spacial score (nSPS) is 10.7. The van der Waals surface area contributed by atoms with Gasteiger partial charge in [0.25, 0.3) is 0 Å². The molecule has 2 aromatic rings. The Morgan fingerprint density at radius 3 is 2.70 bits per heavy atom. The molecule has 0 atom stereocenters. The van der Waals surface area contributed by atoms with Gasteiger partial charge in [0.05, 0.1) is 10.6 Å². The molecule has 0 aliphatic carbocycles. The molecule has 106 valence electrons. The number of halogens is 2. The molecule has 0 fully saturated rings. The van der Waals surface area contributed by atoms with Crippen LogP contribution in [-0.2, 0) is 6.54 Å². The van der Waals surface area contributed by atoms with Crippen LogP contribution in [0.3, 0.4) is 0 Å². The molecule has 0 aromatic heterocycles. The Labute approximate surface area is 127 Å². The Morgan fingerprint density at radius 1 is 1.20 bits per heavy atom. The van der Waals surface area contributed by atoms with Crippen molar-refractivity contribution in [3.63, 3.8) is 0 Å². The number of nitrogens with one attached hydrogen (secondary N) is 1. The minimum Gasteiger partial charge on any atom is -0.491 e. The smallest absolute Gasteiger partial charge is 0.139 e. The Kier molecular flexibility index (Phi) is 5.01. The molecule has 0 spiro atoms. The van der Waals surface area contributed by atoms with Crippen LogP contribution in [0.25, 0.3) is 0 Å². The van der Waals surface area contributed by atoms with Crippen molar-refractivity contribution < 1.29 is 9.13 Å². The lowest BCUT2D eigenvalue weighted by Crippen LogP contribution is -2.06. The van der Waals surface area contributed by atoms with E-state index in [0.29, 0.717) is 11.0 Å². The van der Waals surface area contributed by atoms with Crippen molar-refractivity contribution in [3.05, 3.63) is 58.3 Å². The maximum absolute atomic E-state index is 13.4. The maximum Gasteiger partial charge on any atom is 0.139 e. The van der Waals surface area contributed by atoms with Crippen molar-refractivity contribution in [2.45, 2.75) is 26.5 Å². The highest BCUT2D eigenvalue weighted by Gasteiger charge is 2.02. The molecule has 0 aliphatic rings. The van der Waals surface area contributed by atoms with Crippen molar-refractivity contribution in [2.75, 3.05) is 5.32 Å². The van der Waals surface area contributed by atoms with E-state index in [2.05, 4.69) is 21.2 Å². The van der Waals surface area contributed by atoms with Crippen molar-refractivity contribution in [1.29, 1.82) is 0 Å². The number of hydrogen-bond donors (Lipinski definition) is 1. The van der Waals surface area contributed by atoms with E-state index >= 15 is 0 Å². The van der Waals surface area contributed by atoms with Gasteiger partial charge in [-0.2, -0.15) is 0 Å². The van der Waals surface area contributed by atoms with Crippen LogP contribution in [0.5, 0.6) is 5.75 Å². The molecule has 2 nitrogen and oxygen atoms in total. The first-order chi connectivity index (χ1) is 9.54. The molecular weight excluding hydrogens is 321 g/mol. The zero-order chi connectivity index (χ0) is 14.5. The van der Waals surface area contributed by atoms with Crippen molar-refractivity contribution in [3.8, 4) is 5.75 Å². The van der Waals surface area contributed by atoms with Crippen LogP contribution in [0.15, 0.2) is 46.9 Å². The second-order valence-corrected chi connectivity index (χ2v) is 5.65. The molecule has 0 saturated heterocycles. The van der Waals surface area contributed by atoms with Crippen LogP contribution in [0.2, 0.25) is 0 Å². The highest BCUT2D eigenvalue weighted by Crippen LogP contribution is 2.20. The van der Waals surface area contributed by atoms with E-state index in [1.165, 1.54) is 6.07 Å². The van der Waals surface area contributed by atoms with Gasteiger partial charge in [0.1, 0.15) is 11.6 Å². The summed E-state index contributed by atoms with van der Waals surface area (Å²) in [6.07, 6.45) is 0.152.